The molecule has 0 atom stereocenters. The van der Waals surface area contributed by atoms with E-state index in [1.165, 1.54) is 12.8 Å². The predicted octanol–water partition coefficient (Wildman–Crippen LogP) is 1.51. The molecule has 18 heavy (non-hydrogen) atoms. The highest BCUT2D eigenvalue weighted by Crippen LogP contribution is 2.30. The summed E-state index contributed by atoms with van der Waals surface area (Å²) in [6.45, 7) is 7.52. The number of amides is 1. The van der Waals surface area contributed by atoms with Crippen molar-refractivity contribution in [3.8, 4) is 0 Å². The second-order valence-corrected chi connectivity index (χ2v) is 5.68. The summed E-state index contributed by atoms with van der Waals surface area (Å²) in [5, 5.41) is 0. The van der Waals surface area contributed by atoms with E-state index in [0.717, 1.165) is 25.4 Å². The van der Waals surface area contributed by atoms with E-state index < -0.39 is 0 Å². The molecular weight excluding hydrogens is 230 g/mol. The molecule has 0 unspecified atom stereocenters. The summed E-state index contributed by atoms with van der Waals surface area (Å²) in [4.78, 5) is 13.6. The van der Waals surface area contributed by atoms with Gasteiger partial charge >= 0.3 is 5.91 Å². The number of carbonyl (C=O) groups is 1. The van der Waals surface area contributed by atoms with Crippen molar-refractivity contribution in [2.24, 2.45) is 11.3 Å². The van der Waals surface area contributed by atoms with E-state index in [-0.39, 0.29) is 11.7 Å². The fourth-order valence-corrected chi connectivity index (χ4v) is 2.19. The van der Waals surface area contributed by atoms with Crippen LogP contribution < -0.4 is 11.3 Å². The molecule has 5 nitrogen and oxygen atoms in total. The highest BCUT2D eigenvalue weighted by atomic mass is 16.4. The number of piperidine rings is 1. The van der Waals surface area contributed by atoms with Crippen LogP contribution in [-0.2, 0) is 6.54 Å². The number of rotatable bonds is 3. The molecule has 1 saturated heterocycles. The zero-order valence-electron chi connectivity index (χ0n) is 11.0. The summed E-state index contributed by atoms with van der Waals surface area (Å²) in [7, 11) is 0. The van der Waals surface area contributed by atoms with Crippen molar-refractivity contribution in [1.29, 1.82) is 0 Å². The molecule has 1 aromatic heterocycles. The number of nitrogens with zero attached hydrogens (tertiary/aromatic N) is 1. The fraction of sp³-hybridized carbons (Fsp3) is 0.615. The quantitative estimate of drug-likeness (QED) is 0.485. The van der Waals surface area contributed by atoms with E-state index >= 15 is 0 Å². The molecule has 2 rings (SSSR count). The van der Waals surface area contributed by atoms with Gasteiger partial charge in [-0.05, 0) is 43.5 Å². The number of carbonyl (C=O) groups excluding carboxylic acids is 1. The maximum atomic E-state index is 11.3. The van der Waals surface area contributed by atoms with Crippen LogP contribution in [0.5, 0.6) is 0 Å². The Morgan fingerprint density at radius 1 is 1.44 bits per heavy atom. The van der Waals surface area contributed by atoms with E-state index in [9.17, 15) is 4.79 Å². The number of furan rings is 1. The Hall–Kier alpha value is -1.33. The maximum absolute atomic E-state index is 11.3. The van der Waals surface area contributed by atoms with Crippen LogP contribution in [0.1, 0.15) is 43.0 Å². The predicted molar refractivity (Wildman–Crippen MR) is 68.7 cm³/mol. The minimum atomic E-state index is -0.388. The molecule has 0 aromatic carbocycles. The number of nitrogens with two attached hydrogens (primary N) is 1. The summed E-state index contributed by atoms with van der Waals surface area (Å²) in [5.74, 6) is 5.75. The SMILES string of the molecule is CC1(C)CCN(Cc2ccc(C(=O)NN)o2)CC1. The molecule has 100 valence electrons. The summed E-state index contributed by atoms with van der Waals surface area (Å²) in [6.07, 6.45) is 2.40. The molecule has 5 heteroatoms. The van der Waals surface area contributed by atoms with Crippen molar-refractivity contribution >= 4 is 5.91 Å². The van der Waals surface area contributed by atoms with Crippen molar-refractivity contribution in [3.05, 3.63) is 23.7 Å². The average molecular weight is 251 g/mol. The second kappa shape index (κ2) is 5.12. The lowest BCUT2D eigenvalue weighted by molar-refractivity contribution is 0.0916. The lowest BCUT2D eigenvalue weighted by Crippen LogP contribution is -2.36. The van der Waals surface area contributed by atoms with Gasteiger partial charge in [0.15, 0.2) is 5.76 Å². The molecule has 1 amide bonds. The van der Waals surface area contributed by atoms with E-state index in [1.54, 1.807) is 6.07 Å². The van der Waals surface area contributed by atoms with Crippen molar-refractivity contribution in [2.75, 3.05) is 13.1 Å². The first-order valence-electron chi connectivity index (χ1n) is 6.32. The number of hydrogen-bond acceptors (Lipinski definition) is 4. The average Bonchev–Trinajstić information content (AvgIpc) is 2.79. The third kappa shape index (κ3) is 3.11. The van der Waals surface area contributed by atoms with E-state index in [2.05, 4.69) is 24.2 Å². The molecule has 0 saturated carbocycles. The van der Waals surface area contributed by atoms with Gasteiger partial charge in [0.25, 0.3) is 0 Å². The third-order valence-electron chi connectivity index (χ3n) is 3.61. The Kier molecular flexibility index (Phi) is 3.73. The Morgan fingerprint density at radius 2 is 2.11 bits per heavy atom. The monoisotopic (exact) mass is 251 g/mol. The van der Waals surface area contributed by atoms with Crippen molar-refractivity contribution in [2.45, 2.75) is 33.2 Å². The zero-order chi connectivity index (χ0) is 13.2. The molecular formula is C13H21N3O2. The number of nitrogens with one attached hydrogen (secondary N) is 1. The highest BCUT2D eigenvalue weighted by Gasteiger charge is 2.25. The molecule has 0 bridgehead atoms. The van der Waals surface area contributed by atoms with Gasteiger partial charge in [0.1, 0.15) is 5.76 Å². The largest absolute Gasteiger partial charge is 0.455 e. The highest BCUT2D eigenvalue weighted by molar-refractivity contribution is 5.90. The first-order chi connectivity index (χ1) is 8.50. The van der Waals surface area contributed by atoms with Crippen LogP contribution in [0.25, 0.3) is 0 Å². The number of likely N-dealkylation sites (tertiary alicyclic amines) is 1. The third-order valence-corrected chi connectivity index (χ3v) is 3.61. The zero-order valence-corrected chi connectivity index (χ0v) is 11.0. The minimum absolute atomic E-state index is 0.268. The molecule has 3 N–H and O–H groups in total. The molecule has 1 fully saturated rings. The van der Waals surface area contributed by atoms with Crippen LogP contribution in [-0.4, -0.2) is 23.9 Å². The van der Waals surface area contributed by atoms with Crippen molar-refractivity contribution in [1.82, 2.24) is 10.3 Å². The van der Waals surface area contributed by atoms with Crippen LogP contribution in [0.4, 0.5) is 0 Å². The van der Waals surface area contributed by atoms with Crippen LogP contribution in [0, 0.1) is 5.41 Å². The fourth-order valence-electron chi connectivity index (χ4n) is 2.19. The maximum Gasteiger partial charge on any atom is 0.300 e. The van der Waals surface area contributed by atoms with Gasteiger partial charge in [0, 0.05) is 0 Å². The topological polar surface area (TPSA) is 71.5 Å². The molecule has 2 heterocycles. The van der Waals surface area contributed by atoms with Gasteiger partial charge < -0.3 is 4.42 Å². The molecule has 0 aliphatic carbocycles. The lowest BCUT2D eigenvalue weighted by Gasteiger charge is -2.36. The van der Waals surface area contributed by atoms with Gasteiger partial charge in [0.2, 0.25) is 0 Å². The van der Waals surface area contributed by atoms with Gasteiger partial charge in [-0.3, -0.25) is 15.1 Å². The Labute approximate surface area is 107 Å². The Morgan fingerprint density at radius 3 is 2.72 bits per heavy atom. The minimum Gasteiger partial charge on any atom is -0.455 e. The smallest absolute Gasteiger partial charge is 0.300 e. The van der Waals surface area contributed by atoms with Crippen molar-refractivity contribution in [3.63, 3.8) is 0 Å². The summed E-state index contributed by atoms with van der Waals surface area (Å²) < 4.78 is 5.46. The first kappa shape index (κ1) is 13.1. The molecule has 1 aliphatic rings. The van der Waals surface area contributed by atoms with Crippen LogP contribution in [0.15, 0.2) is 16.5 Å². The number of hydrogen-bond donors (Lipinski definition) is 2. The summed E-state index contributed by atoms with van der Waals surface area (Å²) >= 11 is 0. The molecule has 1 aliphatic heterocycles. The second-order valence-electron chi connectivity index (χ2n) is 5.68. The summed E-state index contributed by atoms with van der Waals surface area (Å²) in [6, 6.07) is 3.50. The molecule has 0 spiro atoms. The Balaban J connectivity index is 1.90. The normalized spacial score (nSPS) is 19.7. The standard InChI is InChI=1S/C13H21N3O2/c1-13(2)5-7-16(8-6-13)9-10-3-4-11(18-10)12(17)15-14/h3-4H,5-9,14H2,1-2H3,(H,15,17). The van der Waals surface area contributed by atoms with Gasteiger partial charge in [-0.25, -0.2) is 5.84 Å². The van der Waals surface area contributed by atoms with Gasteiger partial charge in [-0.15, -0.1) is 0 Å². The lowest BCUT2D eigenvalue weighted by atomic mass is 9.83. The van der Waals surface area contributed by atoms with Crippen molar-refractivity contribution < 1.29 is 9.21 Å². The number of nitrogen functional groups attached to an aromatic ring is 1. The molecule has 1 aromatic rings. The van der Waals surface area contributed by atoms with E-state index in [0.29, 0.717) is 5.41 Å². The number of hydrazine groups is 1. The van der Waals surface area contributed by atoms with Crippen LogP contribution >= 0.6 is 0 Å². The first-order valence-corrected chi connectivity index (χ1v) is 6.32. The van der Waals surface area contributed by atoms with Crippen LogP contribution in [0.3, 0.4) is 0 Å². The van der Waals surface area contributed by atoms with Gasteiger partial charge in [-0.1, -0.05) is 13.8 Å². The summed E-state index contributed by atoms with van der Waals surface area (Å²) in [5.41, 5.74) is 2.51. The van der Waals surface area contributed by atoms with Crippen LogP contribution in [0.2, 0.25) is 0 Å². The van der Waals surface area contributed by atoms with Gasteiger partial charge in [-0.2, -0.15) is 0 Å². The van der Waals surface area contributed by atoms with Gasteiger partial charge in [0.05, 0.1) is 6.54 Å². The Bertz CT molecular complexity index is 416. The molecule has 0 radical (unpaired) electrons. The van der Waals surface area contributed by atoms with E-state index in [1.807, 2.05) is 6.07 Å². The van der Waals surface area contributed by atoms with E-state index in [4.69, 9.17) is 10.3 Å².